The summed E-state index contributed by atoms with van der Waals surface area (Å²) in [7, 11) is 0. The van der Waals surface area contributed by atoms with E-state index in [9.17, 15) is 9.18 Å². The number of rotatable bonds is 3. The number of hydrogen-bond donors (Lipinski definition) is 0. The molecule has 0 aliphatic heterocycles. The van der Waals surface area contributed by atoms with Crippen LogP contribution < -0.4 is 10.3 Å². The van der Waals surface area contributed by atoms with Crippen LogP contribution in [0.2, 0.25) is 5.28 Å². The van der Waals surface area contributed by atoms with E-state index in [1.165, 1.54) is 22.8 Å². The van der Waals surface area contributed by atoms with E-state index in [0.29, 0.717) is 11.4 Å². The van der Waals surface area contributed by atoms with Crippen molar-refractivity contribution in [1.29, 1.82) is 0 Å². The number of halogens is 2. The first kappa shape index (κ1) is 15.5. The highest BCUT2D eigenvalue weighted by Gasteiger charge is 2.16. The molecular weight excluding hydrogens is 319 g/mol. The number of hydrogen-bond acceptors (Lipinski definition) is 3. The van der Waals surface area contributed by atoms with Crippen LogP contribution in [0.4, 0.5) is 4.39 Å². The number of fused-ring (bicyclic) bond motifs is 1. The van der Waals surface area contributed by atoms with Crippen LogP contribution in [0.3, 0.4) is 0 Å². The molecule has 4 nitrogen and oxygen atoms in total. The molecule has 0 fully saturated rings. The Balaban J connectivity index is 2.32. The third-order valence-corrected chi connectivity index (χ3v) is 3.53. The average Bonchev–Trinajstić information content (AvgIpc) is 2.50. The van der Waals surface area contributed by atoms with Gasteiger partial charge in [0.05, 0.1) is 17.2 Å². The Morgan fingerprint density at radius 3 is 2.65 bits per heavy atom. The summed E-state index contributed by atoms with van der Waals surface area (Å²) in [5, 5.41) is 0.0427. The quantitative estimate of drug-likeness (QED) is 0.682. The van der Waals surface area contributed by atoms with Gasteiger partial charge in [0.2, 0.25) is 5.28 Å². The van der Waals surface area contributed by atoms with Gasteiger partial charge in [-0.05, 0) is 49.7 Å². The zero-order valence-corrected chi connectivity index (χ0v) is 13.3. The Kier molecular flexibility index (Phi) is 4.05. The van der Waals surface area contributed by atoms with E-state index < -0.39 is 11.4 Å². The monoisotopic (exact) mass is 332 g/mol. The van der Waals surface area contributed by atoms with E-state index in [1.807, 2.05) is 13.8 Å². The number of nitrogens with zero attached hydrogens (tertiary/aromatic N) is 2. The summed E-state index contributed by atoms with van der Waals surface area (Å²) >= 11 is 6.15. The average molecular weight is 333 g/mol. The summed E-state index contributed by atoms with van der Waals surface area (Å²) in [4.78, 5) is 16.8. The maximum absolute atomic E-state index is 13.8. The summed E-state index contributed by atoms with van der Waals surface area (Å²) in [5.74, 6) is -0.0792. The van der Waals surface area contributed by atoms with E-state index in [-0.39, 0.29) is 22.3 Å². The molecule has 0 unspecified atom stereocenters. The fourth-order valence-electron chi connectivity index (χ4n) is 2.35. The molecule has 1 heterocycles. The topological polar surface area (TPSA) is 44.1 Å². The van der Waals surface area contributed by atoms with Crippen LogP contribution in [-0.2, 0) is 0 Å². The van der Waals surface area contributed by atoms with Crippen molar-refractivity contribution in [2.75, 3.05) is 0 Å². The molecular formula is C17H14ClFN2O2. The molecule has 23 heavy (non-hydrogen) atoms. The summed E-state index contributed by atoms with van der Waals surface area (Å²) in [5.41, 5.74) is -0.0184. The molecule has 3 aromatic rings. The molecule has 0 saturated carbocycles. The van der Waals surface area contributed by atoms with Crippen LogP contribution in [-0.4, -0.2) is 15.7 Å². The first-order valence-corrected chi connectivity index (χ1v) is 7.49. The normalized spacial score (nSPS) is 11.2. The zero-order chi connectivity index (χ0) is 16.6. The first-order chi connectivity index (χ1) is 11.0. The highest BCUT2D eigenvalue weighted by molar-refractivity contribution is 6.29. The smallest absolute Gasteiger partial charge is 0.267 e. The fourth-order valence-corrected chi connectivity index (χ4v) is 2.60. The highest BCUT2D eigenvalue weighted by atomic mass is 35.5. The third-order valence-electron chi connectivity index (χ3n) is 3.28. The van der Waals surface area contributed by atoms with Crippen molar-refractivity contribution in [1.82, 2.24) is 9.55 Å². The lowest BCUT2D eigenvalue weighted by molar-refractivity contribution is 0.241. The van der Waals surface area contributed by atoms with Gasteiger partial charge in [0, 0.05) is 0 Å². The van der Waals surface area contributed by atoms with Gasteiger partial charge in [-0.15, -0.1) is 0 Å². The Hall–Kier alpha value is -2.40. The molecule has 2 aromatic carbocycles. The van der Waals surface area contributed by atoms with Crippen molar-refractivity contribution >= 4 is 22.5 Å². The lowest BCUT2D eigenvalue weighted by atomic mass is 10.2. The number of para-hydroxylation sites is 3. The molecule has 0 aliphatic carbocycles. The number of benzene rings is 2. The molecule has 0 N–H and O–H groups in total. The molecule has 6 heteroatoms. The molecule has 0 bridgehead atoms. The summed E-state index contributed by atoms with van der Waals surface area (Å²) < 4.78 is 20.8. The van der Waals surface area contributed by atoms with Crippen LogP contribution >= 0.6 is 11.6 Å². The lowest BCUT2D eigenvalue weighted by Gasteiger charge is -2.16. The zero-order valence-electron chi connectivity index (χ0n) is 12.6. The summed E-state index contributed by atoms with van der Waals surface area (Å²) in [6.45, 7) is 3.77. The van der Waals surface area contributed by atoms with E-state index in [1.54, 1.807) is 24.3 Å². The van der Waals surface area contributed by atoms with Gasteiger partial charge in [0.15, 0.2) is 0 Å². The molecule has 0 amide bonds. The van der Waals surface area contributed by atoms with Crippen molar-refractivity contribution in [2.24, 2.45) is 0 Å². The Bertz CT molecular complexity index is 938. The van der Waals surface area contributed by atoms with Gasteiger partial charge in [-0.1, -0.05) is 18.2 Å². The molecule has 3 rings (SSSR count). The van der Waals surface area contributed by atoms with Crippen LogP contribution in [0.5, 0.6) is 5.75 Å². The van der Waals surface area contributed by atoms with Crippen molar-refractivity contribution in [3.05, 3.63) is 63.9 Å². The van der Waals surface area contributed by atoms with E-state index in [0.717, 1.165) is 0 Å². The number of aromatic nitrogens is 2. The lowest BCUT2D eigenvalue weighted by Crippen LogP contribution is -2.22. The summed E-state index contributed by atoms with van der Waals surface area (Å²) in [6, 6.07) is 11.2. The van der Waals surface area contributed by atoms with Crippen LogP contribution in [0, 0.1) is 5.82 Å². The van der Waals surface area contributed by atoms with Crippen LogP contribution in [0.1, 0.15) is 13.8 Å². The molecule has 0 saturated heterocycles. The fraction of sp³-hybridized carbons (Fsp3) is 0.176. The Morgan fingerprint density at radius 1 is 1.17 bits per heavy atom. The van der Waals surface area contributed by atoms with Gasteiger partial charge in [-0.2, -0.15) is 0 Å². The van der Waals surface area contributed by atoms with Gasteiger partial charge in [-0.25, -0.2) is 13.9 Å². The van der Waals surface area contributed by atoms with E-state index in [2.05, 4.69) is 4.98 Å². The second kappa shape index (κ2) is 6.01. The molecule has 118 valence electrons. The Morgan fingerprint density at radius 2 is 1.91 bits per heavy atom. The maximum Gasteiger partial charge on any atom is 0.267 e. The van der Waals surface area contributed by atoms with E-state index in [4.69, 9.17) is 16.3 Å². The molecule has 1 aromatic heterocycles. The SMILES string of the molecule is CC(C)Oc1ccccc1-n1c(Cl)nc2c(F)cccc2c1=O. The maximum atomic E-state index is 13.8. The summed E-state index contributed by atoms with van der Waals surface area (Å²) in [6.07, 6.45) is -0.0727. The number of ether oxygens (including phenoxy) is 1. The van der Waals surface area contributed by atoms with Gasteiger partial charge in [0.1, 0.15) is 17.1 Å². The molecule has 0 aliphatic rings. The largest absolute Gasteiger partial charge is 0.489 e. The first-order valence-electron chi connectivity index (χ1n) is 7.12. The van der Waals surface area contributed by atoms with Gasteiger partial charge in [0.25, 0.3) is 5.56 Å². The van der Waals surface area contributed by atoms with E-state index >= 15 is 0 Å². The Labute approximate surface area is 137 Å². The third kappa shape index (κ3) is 2.80. The van der Waals surface area contributed by atoms with Crippen LogP contribution in [0.25, 0.3) is 16.6 Å². The molecule has 0 radical (unpaired) electrons. The van der Waals surface area contributed by atoms with Crippen molar-refractivity contribution < 1.29 is 9.13 Å². The second-order valence-corrected chi connectivity index (χ2v) is 5.63. The highest BCUT2D eigenvalue weighted by Crippen LogP contribution is 2.26. The predicted octanol–water partition coefficient (Wildman–Crippen LogP) is 3.97. The predicted molar refractivity (Wildman–Crippen MR) is 88.1 cm³/mol. The van der Waals surface area contributed by atoms with Crippen LogP contribution in [0.15, 0.2) is 47.3 Å². The van der Waals surface area contributed by atoms with Crippen molar-refractivity contribution in [3.63, 3.8) is 0 Å². The minimum Gasteiger partial charge on any atom is -0.489 e. The second-order valence-electron chi connectivity index (χ2n) is 5.29. The van der Waals surface area contributed by atoms with Gasteiger partial charge >= 0.3 is 0 Å². The molecule has 0 spiro atoms. The van der Waals surface area contributed by atoms with Gasteiger partial charge in [-0.3, -0.25) is 4.79 Å². The van der Waals surface area contributed by atoms with Gasteiger partial charge < -0.3 is 4.74 Å². The van der Waals surface area contributed by atoms with Crippen molar-refractivity contribution in [2.45, 2.75) is 20.0 Å². The van der Waals surface area contributed by atoms with Crippen molar-refractivity contribution in [3.8, 4) is 11.4 Å². The standard InChI is InChI=1S/C17H14ClFN2O2/c1-10(2)23-14-9-4-3-8-13(14)21-16(22)11-6-5-7-12(19)15(11)20-17(21)18/h3-10H,1-2H3. The minimum atomic E-state index is -0.583. The minimum absolute atomic E-state index is 0.0407. The molecule has 0 atom stereocenters.